The van der Waals surface area contributed by atoms with Crippen molar-refractivity contribution in [2.45, 2.75) is 76.9 Å². The predicted molar refractivity (Wildman–Crippen MR) is 99.2 cm³/mol. The number of nitrogens with zero attached hydrogens (tertiary/aromatic N) is 2. The number of hydrogen-bond donors (Lipinski definition) is 2. The van der Waals surface area contributed by atoms with E-state index in [4.69, 9.17) is 10.5 Å². The van der Waals surface area contributed by atoms with Crippen LogP contribution in [0.5, 0.6) is 5.75 Å². The molecule has 0 spiro atoms. The summed E-state index contributed by atoms with van der Waals surface area (Å²) < 4.78 is 6.98. The highest BCUT2D eigenvalue weighted by molar-refractivity contribution is 5.77. The summed E-state index contributed by atoms with van der Waals surface area (Å²) in [6.07, 6.45) is 3.52. The second-order valence-corrected chi connectivity index (χ2v) is 8.79. The first-order valence-electron chi connectivity index (χ1n) is 9.46. The molecule has 0 radical (unpaired) electrons. The standard InChI is InChI=1S/C19H30N4O3/c1-12(2)9-26-14-7-16(25)23(22-17(14)13(3)4)8-15(24)21-19-6-5-18(20,10-19)11-19/h7,12-13H,5-6,8-11,20H2,1-4H3,(H,21,24). The molecule has 0 aromatic carbocycles. The fourth-order valence-corrected chi connectivity index (χ4v) is 4.13. The van der Waals surface area contributed by atoms with Gasteiger partial charge in [0.25, 0.3) is 5.56 Å². The van der Waals surface area contributed by atoms with Crippen LogP contribution in [0.3, 0.4) is 0 Å². The summed E-state index contributed by atoms with van der Waals surface area (Å²) in [5, 5.41) is 7.48. The lowest BCUT2D eigenvalue weighted by molar-refractivity contribution is -0.124. The first-order valence-corrected chi connectivity index (χ1v) is 9.46. The van der Waals surface area contributed by atoms with Crippen LogP contribution in [-0.4, -0.2) is 33.4 Å². The van der Waals surface area contributed by atoms with E-state index in [0.29, 0.717) is 24.0 Å². The molecule has 3 fully saturated rings. The highest BCUT2D eigenvalue weighted by Gasteiger charge is 2.59. The molecule has 7 nitrogen and oxygen atoms in total. The smallest absolute Gasteiger partial charge is 0.270 e. The SMILES string of the molecule is CC(C)COc1cc(=O)n(CC(=O)NC23CCC(N)(C2)C3)nc1C(C)C. The van der Waals surface area contributed by atoms with Crippen molar-refractivity contribution in [1.82, 2.24) is 15.1 Å². The lowest BCUT2D eigenvalue weighted by Crippen LogP contribution is -2.62. The minimum absolute atomic E-state index is 0.0810. The molecule has 0 unspecified atom stereocenters. The summed E-state index contributed by atoms with van der Waals surface area (Å²) in [6.45, 7) is 8.52. The van der Waals surface area contributed by atoms with E-state index in [1.54, 1.807) is 0 Å². The largest absolute Gasteiger partial charge is 0.491 e. The molecule has 3 N–H and O–H groups in total. The van der Waals surface area contributed by atoms with Crippen LogP contribution in [0.4, 0.5) is 0 Å². The number of rotatable bonds is 7. The van der Waals surface area contributed by atoms with Gasteiger partial charge in [0.15, 0.2) is 0 Å². The van der Waals surface area contributed by atoms with Crippen LogP contribution in [-0.2, 0) is 11.3 Å². The van der Waals surface area contributed by atoms with Gasteiger partial charge in [-0.25, -0.2) is 4.68 Å². The van der Waals surface area contributed by atoms with E-state index in [0.717, 1.165) is 25.7 Å². The molecule has 1 heterocycles. The van der Waals surface area contributed by atoms with E-state index in [-0.39, 0.29) is 35.0 Å². The molecule has 1 amide bonds. The first-order chi connectivity index (χ1) is 12.1. The maximum absolute atomic E-state index is 12.5. The molecule has 1 aromatic heterocycles. The molecule has 144 valence electrons. The van der Waals surface area contributed by atoms with Gasteiger partial charge in [0.2, 0.25) is 5.91 Å². The maximum atomic E-state index is 12.5. The molecular formula is C19H30N4O3. The van der Waals surface area contributed by atoms with Gasteiger partial charge in [-0.3, -0.25) is 9.59 Å². The van der Waals surface area contributed by atoms with Gasteiger partial charge in [0.05, 0.1) is 6.61 Å². The zero-order valence-corrected chi connectivity index (χ0v) is 16.2. The molecule has 2 bridgehead atoms. The van der Waals surface area contributed by atoms with E-state index >= 15 is 0 Å². The molecule has 0 saturated heterocycles. The Hall–Kier alpha value is -1.89. The molecule has 0 aliphatic heterocycles. The molecule has 1 aromatic rings. The van der Waals surface area contributed by atoms with E-state index < -0.39 is 0 Å². The van der Waals surface area contributed by atoms with Crippen LogP contribution in [0.15, 0.2) is 10.9 Å². The average molecular weight is 362 g/mol. The molecule has 3 aliphatic rings. The third-order valence-corrected chi connectivity index (χ3v) is 5.29. The second kappa shape index (κ2) is 6.68. The number of carbonyl (C=O) groups excluding carboxylic acids is 1. The first kappa shape index (κ1) is 18.9. The predicted octanol–water partition coefficient (Wildman–Crippen LogP) is 1.54. The van der Waals surface area contributed by atoms with Crippen molar-refractivity contribution >= 4 is 5.91 Å². The highest BCUT2D eigenvalue weighted by atomic mass is 16.5. The summed E-state index contributed by atoms with van der Waals surface area (Å²) in [7, 11) is 0. The van der Waals surface area contributed by atoms with E-state index in [1.165, 1.54) is 10.7 Å². The zero-order chi connectivity index (χ0) is 19.1. The molecule has 26 heavy (non-hydrogen) atoms. The Bertz CT molecular complexity index is 748. The van der Waals surface area contributed by atoms with Gasteiger partial charge >= 0.3 is 0 Å². The monoisotopic (exact) mass is 362 g/mol. The molecular weight excluding hydrogens is 332 g/mol. The van der Waals surface area contributed by atoms with Crippen LogP contribution in [0.2, 0.25) is 0 Å². The number of nitrogens with two attached hydrogens (primary N) is 1. The van der Waals surface area contributed by atoms with Crippen molar-refractivity contribution < 1.29 is 9.53 Å². The second-order valence-electron chi connectivity index (χ2n) is 8.79. The summed E-state index contributed by atoms with van der Waals surface area (Å²) in [4.78, 5) is 24.8. The van der Waals surface area contributed by atoms with Crippen molar-refractivity contribution in [1.29, 1.82) is 0 Å². The summed E-state index contributed by atoms with van der Waals surface area (Å²) in [6, 6.07) is 1.44. The Balaban J connectivity index is 1.72. The van der Waals surface area contributed by atoms with Gasteiger partial charge in [-0.15, -0.1) is 0 Å². The van der Waals surface area contributed by atoms with Gasteiger partial charge in [-0.1, -0.05) is 27.7 Å². The molecule has 0 atom stereocenters. The van der Waals surface area contributed by atoms with Crippen LogP contribution in [0, 0.1) is 5.92 Å². The average Bonchev–Trinajstić information content (AvgIpc) is 2.99. The van der Waals surface area contributed by atoms with Crippen molar-refractivity contribution in [2.75, 3.05) is 6.61 Å². The number of nitrogens with one attached hydrogen (secondary N) is 1. The number of amides is 1. The van der Waals surface area contributed by atoms with E-state index in [1.807, 2.05) is 27.7 Å². The lowest BCUT2D eigenvalue weighted by atomic mass is 9.72. The number of hydrogen-bond acceptors (Lipinski definition) is 5. The molecule has 3 saturated carbocycles. The van der Waals surface area contributed by atoms with Gasteiger partial charge in [-0.2, -0.15) is 5.10 Å². The molecule has 4 rings (SSSR count). The van der Waals surface area contributed by atoms with Crippen LogP contribution in [0.25, 0.3) is 0 Å². The van der Waals surface area contributed by atoms with Gasteiger partial charge in [-0.05, 0) is 31.6 Å². The Morgan fingerprint density at radius 1 is 1.35 bits per heavy atom. The van der Waals surface area contributed by atoms with Crippen LogP contribution in [0.1, 0.15) is 65.0 Å². The summed E-state index contributed by atoms with van der Waals surface area (Å²) in [5.74, 6) is 0.766. The van der Waals surface area contributed by atoms with Gasteiger partial charge in [0.1, 0.15) is 18.0 Å². The molecule has 3 aliphatic carbocycles. The number of ether oxygens (including phenoxy) is 1. The number of aromatic nitrogens is 2. The van der Waals surface area contributed by atoms with Crippen molar-refractivity contribution in [2.24, 2.45) is 11.7 Å². The minimum atomic E-state index is -0.325. The lowest BCUT2D eigenvalue weighted by Gasteiger charge is -2.45. The maximum Gasteiger partial charge on any atom is 0.270 e. The Kier molecular flexibility index (Phi) is 4.86. The normalized spacial score (nSPS) is 26.9. The van der Waals surface area contributed by atoms with E-state index in [2.05, 4.69) is 10.4 Å². The van der Waals surface area contributed by atoms with Crippen LogP contribution < -0.4 is 21.3 Å². The van der Waals surface area contributed by atoms with Gasteiger partial charge in [0, 0.05) is 23.1 Å². The Morgan fingerprint density at radius 2 is 2.04 bits per heavy atom. The topological polar surface area (TPSA) is 99.2 Å². The van der Waals surface area contributed by atoms with E-state index in [9.17, 15) is 9.59 Å². The third-order valence-electron chi connectivity index (χ3n) is 5.29. The highest BCUT2D eigenvalue weighted by Crippen LogP contribution is 2.53. The number of carbonyl (C=O) groups is 1. The zero-order valence-electron chi connectivity index (χ0n) is 16.2. The van der Waals surface area contributed by atoms with Gasteiger partial charge < -0.3 is 15.8 Å². The number of fused-ring (bicyclic) bond motifs is 1. The van der Waals surface area contributed by atoms with Crippen molar-refractivity contribution in [3.05, 3.63) is 22.1 Å². The van der Waals surface area contributed by atoms with Crippen LogP contribution >= 0.6 is 0 Å². The third kappa shape index (κ3) is 3.77. The fraction of sp³-hybridized carbons (Fsp3) is 0.737. The summed E-state index contributed by atoms with van der Waals surface area (Å²) >= 11 is 0. The Labute approximate surface area is 154 Å². The molecule has 7 heteroatoms. The Morgan fingerprint density at radius 3 is 2.58 bits per heavy atom. The van der Waals surface area contributed by atoms with Crippen molar-refractivity contribution in [3.8, 4) is 5.75 Å². The fourth-order valence-electron chi connectivity index (χ4n) is 4.13. The van der Waals surface area contributed by atoms with Crippen molar-refractivity contribution in [3.63, 3.8) is 0 Å². The minimum Gasteiger partial charge on any atom is -0.491 e. The summed E-state index contributed by atoms with van der Waals surface area (Å²) in [5.41, 5.74) is 6.27. The quantitative estimate of drug-likeness (QED) is 0.766.